The number of pyridine rings is 1. The average Bonchev–Trinajstić information content (AvgIpc) is 2.83. The Morgan fingerprint density at radius 3 is 2.68 bits per heavy atom. The Morgan fingerprint density at radius 2 is 1.91 bits per heavy atom. The third kappa shape index (κ3) is 7.51. The van der Waals surface area contributed by atoms with Crippen LogP contribution in [-0.2, 0) is 6.54 Å². The maximum absolute atomic E-state index is 12.8. The highest BCUT2D eigenvalue weighted by Crippen LogP contribution is 2.13. The van der Waals surface area contributed by atoms with Crippen molar-refractivity contribution in [2.75, 3.05) is 25.5 Å². The molecule has 2 heterocycles. The molecule has 34 heavy (non-hydrogen) atoms. The smallest absolute Gasteiger partial charge is 0.263 e. The Balaban J connectivity index is 1.48. The van der Waals surface area contributed by atoms with Crippen LogP contribution in [0.1, 0.15) is 28.8 Å². The van der Waals surface area contributed by atoms with Crippen molar-refractivity contribution in [3.63, 3.8) is 0 Å². The number of methoxy groups -OCH3 is 1. The Bertz CT molecular complexity index is 1270. The summed E-state index contributed by atoms with van der Waals surface area (Å²) < 4.78 is 6.43. The molecule has 10 heteroatoms. The predicted molar refractivity (Wildman–Crippen MR) is 133 cm³/mol. The first-order chi connectivity index (χ1) is 16.5. The second kappa shape index (κ2) is 12.6. The lowest BCUT2D eigenvalue weighted by atomic mass is 10.2. The summed E-state index contributed by atoms with van der Waals surface area (Å²) in [5, 5.41) is 6.62. The van der Waals surface area contributed by atoms with E-state index in [1.165, 1.54) is 16.8 Å². The number of anilines is 1. The van der Waals surface area contributed by atoms with Crippen LogP contribution in [0.4, 0.5) is 5.95 Å². The van der Waals surface area contributed by atoms with Crippen LogP contribution in [0.3, 0.4) is 0 Å². The van der Waals surface area contributed by atoms with Gasteiger partial charge in [0.25, 0.3) is 11.5 Å². The van der Waals surface area contributed by atoms with Gasteiger partial charge in [-0.3, -0.25) is 9.59 Å². The molecule has 1 amide bonds. The van der Waals surface area contributed by atoms with Crippen LogP contribution >= 0.6 is 23.2 Å². The molecule has 0 fully saturated rings. The number of benzene rings is 1. The second-order valence-electron chi connectivity index (χ2n) is 7.09. The van der Waals surface area contributed by atoms with Crippen molar-refractivity contribution < 1.29 is 9.53 Å². The lowest BCUT2D eigenvalue weighted by Crippen LogP contribution is -2.33. The van der Waals surface area contributed by atoms with Crippen LogP contribution in [0.2, 0.25) is 10.0 Å². The quantitative estimate of drug-likeness (QED) is 0.344. The Kier molecular flexibility index (Phi) is 9.32. The first-order valence-corrected chi connectivity index (χ1v) is 11.2. The van der Waals surface area contributed by atoms with Crippen molar-refractivity contribution in [1.82, 2.24) is 19.9 Å². The van der Waals surface area contributed by atoms with Crippen LogP contribution in [-0.4, -0.2) is 40.6 Å². The number of aromatic nitrogens is 3. The van der Waals surface area contributed by atoms with Gasteiger partial charge in [0, 0.05) is 49.4 Å². The van der Waals surface area contributed by atoms with Gasteiger partial charge in [0.15, 0.2) is 0 Å². The van der Waals surface area contributed by atoms with E-state index in [-0.39, 0.29) is 12.1 Å². The number of carbonyl (C=O) groups excluding carboxylic acids is 1. The van der Waals surface area contributed by atoms with Crippen molar-refractivity contribution in [1.29, 1.82) is 0 Å². The van der Waals surface area contributed by atoms with Crippen LogP contribution in [0.25, 0.3) is 0 Å². The molecule has 0 bridgehead atoms. The summed E-state index contributed by atoms with van der Waals surface area (Å²) in [6, 6.07) is 10.2. The highest BCUT2D eigenvalue weighted by atomic mass is 35.5. The van der Waals surface area contributed by atoms with Crippen LogP contribution in [0.15, 0.2) is 53.6 Å². The summed E-state index contributed by atoms with van der Waals surface area (Å²) >= 11 is 12.2. The summed E-state index contributed by atoms with van der Waals surface area (Å²) in [5.74, 6) is 6.45. The van der Waals surface area contributed by atoms with E-state index < -0.39 is 11.5 Å². The van der Waals surface area contributed by atoms with Gasteiger partial charge >= 0.3 is 0 Å². The number of nitrogens with one attached hydrogen (secondary N) is 2. The highest BCUT2D eigenvalue weighted by Gasteiger charge is 2.14. The van der Waals surface area contributed by atoms with E-state index in [2.05, 4.69) is 32.4 Å². The summed E-state index contributed by atoms with van der Waals surface area (Å²) in [4.78, 5) is 33.5. The van der Waals surface area contributed by atoms with E-state index in [1.54, 1.807) is 37.6 Å². The third-order valence-electron chi connectivity index (χ3n) is 4.57. The summed E-state index contributed by atoms with van der Waals surface area (Å²) in [6.45, 7) is 1.13. The van der Waals surface area contributed by atoms with Crippen molar-refractivity contribution in [3.05, 3.63) is 80.3 Å². The monoisotopic (exact) mass is 499 g/mol. The van der Waals surface area contributed by atoms with Crippen LogP contribution in [0.5, 0.6) is 5.88 Å². The molecule has 0 spiro atoms. The molecule has 0 unspecified atom stereocenters. The molecule has 3 rings (SSSR count). The molecule has 3 aromatic rings. The van der Waals surface area contributed by atoms with Crippen molar-refractivity contribution in [2.24, 2.45) is 0 Å². The lowest BCUT2D eigenvalue weighted by molar-refractivity contribution is 0.0952. The summed E-state index contributed by atoms with van der Waals surface area (Å²) in [5.41, 5.74) is 0.370. The molecule has 0 atom stereocenters. The van der Waals surface area contributed by atoms with E-state index in [9.17, 15) is 9.59 Å². The van der Waals surface area contributed by atoms with Gasteiger partial charge in [0.05, 0.1) is 18.7 Å². The third-order valence-corrected chi connectivity index (χ3v) is 5.01. The minimum atomic E-state index is -0.494. The Morgan fingerprint density at radius 1 is 1.12 bits per heavy atom. The van der Waals surface area contributed by atoms with Gasteiger partial charge in [-0.15, -0.1) is 11.8 Å². The fourth-order valence-electron chi connectivity index (χ4n) is 3.00. The normalized spacial score (nSPS) is 10.2. The zero-order valence-corrected chi connectivity index (χ0v) is 20.0. The van der Waals surface area contributed by atoms with E-state index in [4.69, 9.17) is 27.9 Å². The number of carbonyl (C=O) groups is 1. The number of nitrogens with zero attached hydrogens (tertiary/aromatic N) is 3. The minimum Gasteiger partial charge on any atom is -0.481 e. The maximum atomic E-state index is 12.8. The molecule has 8 nitrogen and oxygen atoms in total. The molecule has 2 N–H and O–H groups in total. The average molecular weight is 500 g/mol. The van der Waals surface area contributed by atoms with Gasteiger partial charge in [-0.25, -0.2) is 4.98 Å². The number of amides is 1. The van der Waals surface area contributed by atoms with Crippen LogP contribution < -0.4 is 20.9 Å². The molecule has 0 saturated carbocycles. The zero-order chi connectivity index (χ0) is 24.3. The fraction of sp³-hybridized carbons (Fsp3) is 0.250. The maximum Gasteiger partial charge on any atom is 0.263 e. The summed E-state index contributed by atoms with van der Waals surface area (Å²) in [6.07, 6.45) is 4.13. The number of ether oxygens (including phenoxy) is 1. The molecule has 0 aliphatic carbocycles. The Hall–Kier alpha value is -3.54. The Labute approximate surface area is 207 Å². The molecule has 2 aromatic heterocycles. The molecule has 1 aromatic carbocycles. The van der Waals surface area contributed by atoms with Crippen LogP contribution in [0, 0.1) is 11.8 Å². The van der Waals surface area contributed by atoms with Gasteiger partial charge in [0.1, 0.15) is 5.56 Å². The SMILES string of the molecule is COc1ccnc(NCCC#CCCNC(=O)c2cc(Cl)cn(Cc3cccc(Cl)c3)c2=O)n1. The molecular formula is C24H23Cl2N5O3. The standard InChI is InChI=1S/C24H23Cl2N5O3/c1-34-21-9-12-29-24(30-21)28-11-5-3-2-4-10-27-22(32)20-14-19(26)16-31(23(20)33)15-17-7-6-8-18(25)13-17/h6-9,12-14,16H,4-5,10-11,15H2,1H3,(H,27,32)(H,28,29,30). The molecular weight excluding hydrogens is 477 g/mol. The summed E-state index contributed by atoms with van der Waals surface area (Å²) in [7, 11) is 1.54. The zero-order valence-electron chi connectivity index (χ0n) is 18.5. The van der Waals surface area contributed by atoms with Crippen molar-refractivity contribution >= 4 is 35.1 Å². The first-order valence-electron chi connectivity index (χ1n) is 10.5. The van der Waals surface area contributed by atoms with Crippen molar-refractivity contribution in [3.8, 4) is 17.7 Å². The topological polar surface area (TPSA) is 98.1 Å². The van der Waals surface area contributed by atoms with E-state index in [0.717, 1.165) is 5.56 Å². The predicted octanol–water partition coefficient (Wildman–Crippen LogP) is 3.63. The molecule has 0 radical (unpaired) electrons. The van der Waals surface area contributed by atoms with E-state index >= 15 is 0 Å². The van der Waals surface area contributed by atoms with Crippen molar-refractivity contribution in [2.45, 2.75) is 19.4 Å². The second-order valence-corrected chi connectivity index (χ2v) is 7.97. The minimum absolute atomic E-state index is 0.0232. The number of halogens is 2. The van der Waals surface area contributed by atoms with Gasteiger partial charge in [0.2, 0.25) is 11.8 Å². The van der Waals surface area contributed by atoms with Gasteiger partial charge < -0.3 is 19.9 Å². The molecule has 0 aliphatic rings. The molecule has 176 valence electrons. The number of rotatable bonds is 9. The largest absolute Gasteiger partial charge is 0.481 e. The van der Waals surface area contributed by atoms with Gasteiger partial charge in [-0.1, -0.05) is 35.3 Å². The van der Waals surface area contributed by atoms with Gasteiger partial charge in [-0.05, 0) is 23.8 Å². The fourth-order valence-corrected chi connectivity index (χ4v) is 3.44. The highest BCUT2D eigenvalue weighted by molar-refractivity contribution is 6.31. The van der Waals surface area contributed by atoms with E-state index in [0.29, 0.717) is 47.8 Å². The van der Waals surface area contributed by atoms with Gasteiger partial charge in [-0.2, -0.15) is 4.98 Å². The van der Waals surface area contributed by atoms with E-state index in [1.807, 2.05) is 6.07 Å². The first kappa shape index (κ1) is 25.1. The number of hydrogen-bond acceptors (Lipinski definition) is 6. The number of hydrogen-bond donors (Lipinski definition) is 2. The lowest BCUT2D eigenvalue weighted by Gasteiger charge is -2.10. The molecule has 0 saturated heterocycles. The molecule has 0 aliphatic heterocycles.